The van der Waals surface area contributed by atoms with Crippen molar-refractivity contribution in [3.05, 3.63) is 28.2 Å². The van der Waals surface area contributed by atoms with Crippen LogP contribution in [-0.2, 0) is 0 Å². The second-order valence-corrected chi connectivity index (χ2v) is 2.41. The van der Waals surface area contributed by atoms with E-state index in [2.05, 4.69) is 5.10 Å². The Morgan fingerprint density at radius 1 is 1.57 bits per heavy atom. The quantitative estimate of drug-likeness (QED) is 0.712. The molecular weight excluding hydrogens is 196 g/mol. The number of nitrogens with zero attached hydrogens (tertiary/aromatic N) is 1. The molecule has 0 spiro atoms. The monoisotopic (exact) mass is 203 g/mol. The van der Waals surface area contributed by atoms with Crippen LogP contribution >= 0.6 is 0 Å². The fourth-order valence-electron chi connectivity index (χ4n) is 0.731. The molecule has 0 fully saturated rings. The highest BCUT2D eigenvalue weighted by atomic mass is 19.3. The third-order valence-electron chi connectivity index (χ3n) is 1.33. The lowest BCUT2D eigenvalue weighted by Gasteiger charge is -2.01. The van der Waals surface area contributed by atoms with E-state index in [1.165, 1.54) is 0 Å². The summed E-state index contributed by atoms with van der Waals surface area (Å²) in [6.45, 7) is -0.736. The van der Waals surface area contributed by atoms with E-state index in [1.807, 2.05) is 10.4 Å². The molecule has 1 rings (SSSR count). The summed E-state index contributed by atoms with van der Waals surface area (Å²) in [5, 5.41) is 7.32. The van der Waals surface area contributed by atoms with Crippen molar-refractivity contribution in [1.82, 2.24) is 15.5 Å². The van der Waals surface area contributed by atoms with E-state index in [0.29, 0.717) is 0 Å². The normalized spacial score (nSPS) is 10.2. The summed E-state index contributed by atoms with van der Waals surface area (Å²) in [5.41, 5.74) is -0.569. The van der Waals surface area contributed by atoms with Crippen LogP contribution in [0.5, 0.6) is 0 Å². The van der Waals surface area contributed by atoms with Crippen molar-refractivity contribution < 1.29 is 13.6 Å². The maximum Gasteiger partial charge on any atom is 0.271 e. The number of H-pyrrole nitrogens is 1. The number of alkyl halides is 2. The van der Waals surface area contributed by atoms with Crippen molar-refractivity contribution in [1.29, 1.82) is 0 Å². The highest BCUT2D eigenvalue weighted by Crippen LogP contribution is 1.91. The number of carbonyl (C=O) groups excluding carboxylic acids is 1. The van der Waals surface area contributed by atoms with Crippen LogP contribution in [0.2, 0.25) is 0 Å². The average molecular weight is 203 g/mol. The summed E-state index contributed by atoms with van der Waals surface area (Å²) in [5.74, 6) is -0.749. The number of amides is 1. The largest absolute Gasteiger partial charge is 0.345 e. The molecule has 0 saturated carbocycles. The van der Waals surface area contributed by atoms with Gasteiger partial charge in [-0.3, -0.25) is 9.59 Å². The number of nitrogens with one attached hydrogen (secondary N) is 2. The first-order valence-corrected chi connectivity index (χ1v) is 3.71. The van der Waals surface area contributed by atoms with E-state index >= 15 is 0 Å². The van der Waals surface area contributed by atoms with Crippen molar-refractivity contribution in [3.8, 4) is 0 Å². The highest BCUT2D eigenvalue weighted by Gasteiger charge is 2.09. The van der Waals surface area contributed by atoms with E-state index in [0.717, 1.165) is 12.1 Å². The third kappa shape index (κ3) is 2.92. The molecule has 1 amide bonds. The zero-order valence-electron chi connectivity index (χ0n) is 6.96. The van der Waals surface area contributed by atoms with E-state index in [1.54, 1.807) is 0 Å². The molecule has 0 bridgehead atoms. The number of aromatic nitrogens is 2. The van der Waals surface area contributed by atoms with Crippen LogP contribution in [0.4, 0.5) is 8.78 Å². The van der Waals surface area contributed by atoms with Crippen LogP contribution in [0.15, 0.2) is 16.9 Å². The fraction of sp³-hybridized carbons (Fsp3) is 0.286. The van der Waals surface area contributed by atoms with Crippen molar-refractivity contribution in [3.63, 3.8) is 0 Å². The van der Waals surface area contributed by atoms with Gasteiger partial charge in [-0.2, -0.15) is 5.10 Å². The number of carbonyl (C=O) groups is 1. The SMILES string of the molecule is O=C(NCC(F)F)c1ccc(=O)[nH]n1. The Morgan fingerprint density at radius 2 is 2.29 bits per heavy atom. The summed E-state index contributed by atoms with van der Waals surface area (Å²) in [4.78, 5) is 21.6. The zero-order chi connectivity index (χ0) is 10.6. The van der Waals surface area contributed by atoms with Gasteiger partial charge < -0.3 is 5.32 Å². The topological polar surface area (TPSA) is 74.8 Å². The van der Waals surface area contributed by atoms with E-state index in [9.17, 15) is 18.4 Å². The van der Waals surface area contributed by atoms with Gasteiger partial charge in [-0.1, -0.05) is 0 Å². The van der Waals surface area contributed by atoms with Gasteiger partial charge in [0.2, 0.25) is 0 Å². The fourth-order valence-corrected chi connectivity index (χ4v) is 0.731. The summed E-state index contributed by atoms with van der Waals surface area (Å²) in [7, 11) is 0. The minimum atomic E-state index is -2.61. The third-order valence-corrected chi connectivity index (χ3v) is 1.33. The Bertz CT molecular complexity index is 357. The lowest BCUT2D eigenvalue weighted by molar-refractivity contribution is 0.0886. The van der Waals surface area contributed by atoms with Crippen molar-refractivity contribution in [2.75, 3.05) is 6.54 Å². The maximum atomic E-state index is 11.7. The average Bonchev–Trinajstić information content (AvgIpc) is 2.15. The Kier molecular flexibility index (Phi) is 3.27. The number of halogens is 2. The number of aromatic amines is 1. The Morgan fingerprint density at radius 3 is 2.79 bits per heavy atom. The molecular formula is C7H7F2N3O2. The van der Waals surface area contributed by atoms with Crippen LogP contribution in [0.3, 0.4) is 0 Å². The van der Waals surface area contributed by atoms with Crippen LogP contribution < -0.4 is 10.9 Å². The summed E-state index contributed by atoms with van der Waals surface area (Å²) in [6.07, 6.45) is -2.61. The predicted octanol–water partition coefficient (Wildman–Crippen LogP) is -0.235. The van der Waals surface area contributed by atoms with Gasteiger partial charge in [-0.05, 0) is 6.07 Å². The number of rotatable bonds is 3. The van der Waals surface area contributed by atoms with Gasteiger partial charge in [0.25, 0.3) is 17.9 Å². The molecule has 5 nitrogen and oxygen atoms in total. The minimum Gasteiger partial charge on any atom is -0.345 e. The zero-order valence-corrected chi connectivity index (χ0v) is 6.96. The first kappa shape index (κ1) is 10.3. The smallest absolute Gasteiger partial charge is 0.271 e. The van der Waals surface area contributed by atoms with Crippen molar-refractivity contribution >= 4 is 5.91 Å². The van der Waals surface area contributed by atoms with Gasteiger partial charge in [0, 0.05) is 6.07 Å². The summed E-state index contributed by atoms with van der Waals surface area (Å²) >= 11 is 0. The lowest BCUT2D eigenvalue weighted by atomic mass is 10.3. The van der Waals surface area contributed by atoms with Crippen LogP contribution in [-0.4, -0.2) is 29.1 Å². The Balaban J connectivity index is 2.61. The second-order valence-electron chi connectivity index (χ2n) is 2.41. The first-order valence-electron chi connectivity index (χ1n) is 3.71. The summed E-state index contributed by atoms with van der Waals surface area (Å²) < 4.78 is 23.4. The molecule has 0 aliphatic heterocycles. The molecule has 2 N–H and O–H groups in total. The van der Waals surface area contributed by atoms with Crippen LogP contribution in [0, 0.1) is 0 Å². The maximum absolute atomic E-state index is 11.7. The molecule has 14 heavy (non-hydrogen) atoms. The molecule has 0 aliphatic carbocycles. The molecule has 0 unspecified atom stereocenters. The molecule has 0 aromatic carbocycles. The first-order chi connectivity index (χ1) is 6.59. The molecule has 1 aromatic heterocycles. The predicted molar refractivity (Wildman–Crippen MR) is 43.2 cm³/mol. The van der Waals surface area contributed by atoms with Gasteiger partial charge in [0.1, 0.15) is 5.69 Å². The molecule has 0 saturated heterocycles. The number of hydrogen-bond donors (Lipinski definition) is 2. The summed E-state index contributed by atoms with van der Waals surface area (Å²) in [6, 6.07) is 2.24. The van der Waals surface area contributed by atoms with Gasteiger partial charge in [0.05, 0.1) is 6.54 Å². The van der Waals surface area contributed by atoms with E-state index in [-0.39, 0.29) is 5.69 Å². The van der Waals surface area contributed by atoms with Gasteiger partial charge in [0.15, 0.2) is 0 Å². The number of hydrogen-bond acceptors (Lipinski definition) is 3. The van der Waals surface area contributed by atoms with Crippen molar-refractivity contribution in [2.45, 2.75) is 6.43 Å². The molecule has 0 radical (unpaired) electrons. The van der Waals surface area contributed by atoms with Crippen molar-refractivity contribution in [2.24, 2.45) is 0 Å². The molecule has 0 aliphatic rings. The van der Waals surface area contributed by atoms with Gasteiger partial charge >= 0.3 is 0 Å². The van der Waals surface area contributed by atoms with Gasteiger partial charge in [-0.15, -0.1) is 0 Å². The highest BCUT2D eigenvalue weighted by molar-refractivity contribution is 5.91. The Labute approximate surface area is 77.1 Å². The van der Waals surface area contributed by atoms with E-state index < -0.39 is 24.4 Å². The molecule has 0 atom stereocenters. The standard InChI is InChI=1S/C7H7F2N3O2/c8-5(9)3-10-7(14)4-1-2-6(13)12-11-4/h1-2,5H,3H2,(H,10,14)(H,12,13). The molecule has 76 valence electrons. The van der Waals surface area contributed by atoms with Crippen LogP contribution in [0.25, 0.3) is 0 Å². The Hall–Kier alpha value is -1.79. The second kappa shape index (κ2) is 4.45. The van der Waals surface area contributed by atoms with E-state index in [4.69, 9.17) is 0 Å². The molecule has 1 aromatic rings. The minimum absolute atomic E-state index is 0.106. The van der Waals surface area contributed by atoms with Gasteiger partial charge in [-0.25, -0.2) is 13.9 Å². The molecule has 7 heteroatoms. The molecule has 1 heterocycles. The lowest BCUT2D eigenvalue weighted by Crippen LogP contribution is -2.29. The van der Waals surface area contributed by atoms with Crippen LogP contribution in [0.1, 0.15) is 10.5 Å².